The monoisotopic (exact) mass is 222 g/mol. The van der Waals surface area contributed by atoms with E-state index in [1.807, 2.05) is 13.1 Å². The van der Waals surface area contributed by atoms with Crippen LogP contribution in [0.4, 0.5) is 0 Å². The van der Waals surface area contributed by atoms with Gasteiger partial charge in [0.15, 0.2) is 0 Å². The molecule has 0 aliphatic rings. The van der Waals surface area contributed by atoms with Gasteiger partial charge in [-0.2, -0.15) is 0 Å². The van der Waals surface area contributed by atoms with Crippen molar-refractivity contribution in [2.45, 2.75) is 19.9 Å². The van der Waals surface area contributed by atoms with Gasteiger partial charge >= 0.3 is 0 Å². The minimum atomic E-state index is 0.301. The first kappa shape index (κ1) is 13.0. The average Bonchev–Trinajstić information content (AvgIpc) is 2.30. The molecule has 0 fully saturated rings. The van der Waals surface area contributed by atoms with Crippen molar-refractivity contribution in [2.24, 2.45) is 11.7 Å². The Kier molecular flexibility index (Phi) is 4.77. The van der Waals surface area contributed by atoms with Gasteiger partial charge in [-0.15, -0.1) is 0 Å². The van der Waals surface area contributed by atoms with Gasteiger partial charge in [-0.25, -0.2) is 0 Å². The second kappa shape index (κ2) is 5.87. The predicted octanol–water partition coefficient (Wildman–Crippen LogP) is 1.86. The van der Waals surface area contributed by atoms with E-state index in [0.717, 1.165) is 11.3 Å². The van der Waals surface area contributed by atoms with Crippen molar-refractivity contribution < 1.29 is 4.74 Å². The SMILES string of the molecule is CNC(c1ccc(OC)c(C)c1)C(C)CN. The predicted molar refractivity (Wildman–Crippen MR) is 67.8 cm³/mol. The number of rotatable bonds is 5. The number of ether oxygens (including phenoxy) is 1. The summed E-state index contributed by atoms with van der Waals surface area (Å²) >= 11 is 0. The quantitative estimate of drug-likeness (QED) is 0.799. The molecule has 3 N–H and O–H groups in total. The summed E-state index contributed by atoms with van der Waals surface area (Å²) in [4.78, 5) is 0. The molecule has 3 heteroatoms. The summed E-state index contributed by atoms with van der Waals surface area (Å²) in [5.74, 6) is 1.34. The lowest BCUT2D eigenvalue weighted by Crippen LogP contribution is -2.28. The van der Waals surface area contributed by atoms with Crippen LogP contribution in [0.3, 0.4) is 0 Å². The molecule has 0 amide bonds. The van der Waals surface area contributed by atoms with E-state index in [-0.39, 0.29) is 0 Å². The average molecular weight is 222 g/mol. The molecule has 0 aliphatic carbocycles. The smallest absolute Gasteiger partial charge is 0.121 e. The fourth-order valence-electron chi connectivity index (χ4n) is 2.01. The zero-order valence-corrected chi connectivity index (χ0v) is 10.6. The summed E-state index contributed by atoms with van der Waals surface area (Å²) in [6.07, 6.45) is 0. The molecule has 0 saturated carbocycles. The van der Waals surface area contributed by atoms with E-state index in [0.29, 0.717) is 18.5 Å². The fraction of sp³-hybridized carbons (Fsp3) is 0.538. The van der Waals surface area contributed by atoms with Gasteiger partial charge in [0, 0.05) is 6.04 Å². The molecular weight excluding hydrogens is 200 g/mol. The molecule has 0 spiro atoms. The summed E-state index contributed by atoms with van der Waals surface area (Å²) < 4.78 is 5.26. The van der Waals surface area contributed by atoms with E-state index in [1.54, 1.807) is 7.11 Å². The van der Waals surface area contributed by atoms with Gasteiger partial charge in [-0.1, -0.05) is 19.1 Å². The first-order valence-electron chi connectivity index (χ1n) is 5.65. The van der Waals surface area contributed by atoms with Crippen LogP contribution in [0.2, 0.25) is 0 Å². The minimum absolute atomic E-state index is 0.301. The lowest BCUT2D eigenvalue weighted by atomic mass is 9.93. The molecule has 0 bridgehead atoms. The van der Waals surface area contributed by atoms with Crippen LogP contribution in [0.25, 0.3) is 0 Å². The lowest BCUT2D eigenvalue weighted by Gasteiger charge is -2.23. The van der Waals surface area contributed by atoms with Crippen molar-refractivity contribution >= 4 is 0 Å². The molecule has 0 heterocycles. The Morgan fingerprint density at radius 1 is 1.44 bits per heavy atom. The van der Waals surface area contributed by atoms with Crippen molar-refractivity contribution in [3.05, 3.63) is 29.3 Å². The molecule has 3 nitrogen and oxygen atoms in total. The Bertz CT molecular complexity index is 339. The van der Waals surface area contributed by atoms with Crippen LogP contribution in [0.1, 0.15) is 24.1 Å². The third-order valence-electron chi connectivity index (χ3n) is 3.03. The normalized spacial score (nSPS) is 14.6. The van der Waals surface area contributed by atoms with Crippen LogP contribution in [0.15, 0.2) is 18.2 Å². The maximum atomic E-state index is 5.72. The highest BCUT2D eigenvalue weighted by atomic mass is 16.5. The van der Waals surface area contributed by atoms with Gasteiger partial charge in [0.2, 0.25) is 0 Å². The van der Waals surface area contributed by atoms with Gasteiger partial charge in [-0.3, -0.25) is 0 Å². The van der Waals surface area contributed by atoms with E-state index in [4.69, 9.17) is 10.5 Å². The number of hydrogen-bond acceptors (Lipinski definition) is 3. The molecule has 1 aromatic carbocycles. The van der Waals surface area contributed by atoms with Crippen molar-refractivity contribution in [1.29, 1.82) is 0 Å². The fourth-order valence-corrected chi connectivity index (χ4v) is 2.01. The molecule has 16 heavy (non-hydrogen) atoms. The Balaban J connectivity index is 2.98. The largest absolute Gasteiger partial charge is 0.496 e. The third-order valence-corrected chi connectivity index (χ3v) is 3.03. The van der Waals surface area contributed by atoms with E-state index in [1.165, 1.54) is 5.56 Å². The second-order valence-corrected chi connectivity index (χ2v) is 4.21. The van der Waals surface area contributed by atoms with Gasteiger partial charge in [0.25, 0.3) is 0 Å². The highest BCUT2D eigenvalue weighted by Crippen LogP contribution is 2.26. The summed E-state index contributed by atoms with van der Waals surface area (Å²) in [6.45, 7) is 4.89. The van der Waals surface area contributed by atoms with Crippen LogP contribution in [0.5, 0.6) is 5.75 Å². The van der Waals surface area contributed by atoms with Crippen LogP contribution in [-0.4, -0.2) is 20.7 Å². The van der Waals surface area contributed by atoms with E-state index < -0.39 is 0 Å². The number of methoxy groups -OCH3 is 1. The Hall–Kier alpha value is -1.06. The molecule has 1 aromatic rings. The summed E-state index contributed by atoms with van der Waals surface area (Å²) in [6, 6.07) is 6.57. The Morgan fingerprint density at radius 3 is 2.56 bits per heavy atom. The maximum absolute atomic E-state index is 5.72. The van der Waals surface area contributed by atoms with Crippen LogP contribution >= 0.6 is 0 Å². The Morgan fingerprint density at radius 2 is 2.12 bits per heavy atom. The standard InChI is InChI=1S/C13H22N2O/c1-9-7-11(5-6-12(9)16-4)13(15-3)10(2)8-14/h5-7,10,13,15H,8,14H2,1-4H3. The molecule has 2 unspecified atom stereocenters. The number of nitrogens with two attached hydrogens (primary N) is 1. The number of benzene rings is 1. The number of aryl methyl sites for hydroxylation is 1. The van der Waals surface area contributed by atoms with Crippen molar-refractivity contribution in [2.75, 3.05) is 20.7 Å². The molecular formula is C13H22N2O. The first-order chi connectivity index (χ1) is 7.63. The zero-order valence-electron chi connectivity index (χ0n) is 10.6. The maximum Gasteiger partial charge on any atom is 0.121 e. The van der Waals surface area contributed by atoms with Gasteiger partial charge in [0.05, 0.1) is 7.11 Å². The summed E-state index contributed by atoms with van der Waals surface area (Å²) in [7, 11) is 3.66. The lowest BCUT2D eigenvalue weighted by molar-refractivity contribution is 0.406. The van der Waals surface area contributed by atoms with Crippen LogP contribution < -0.4 is 15.8 Å². The second-order valence-electron chi connectivity index (χ2n) is 4.21. The molecule has 0 aliphatic heterocycles. The highest BCUT2D eigenvalue weighted by molar-refractivity contribution is 5.37. The molecule has 90 valence electrons. The van der Waals surface area contributed by atoms with Gasteiger partial charge < -0.3 is 15.8 Å². The van der Waals surface area contributed by atoms with Crippen molar-refractivity contribution in [3.63, 3.8) is 0 Å². The van der Waals surface area contributed by atoms with E-state index >= 15 is 0 Å². The Labute approximate surface area is 98.0 Å². The van der Waals surface area contributed by atoms with Crippen LogP contribution in [0, 0.1) is 12.8 Å². The molecule has 0 aromatic heterocycles. The molecule has 0 saturated heterocycles. The third kappa shape index (κ3) is 2.74. The van der Waals surface area contributed by atoms with Crippen LogP contribution in [-0.2, 0) is 0 Å². The van der Waals surface area contributed by atoms with Crippen molar-refractivity contribution in [3.8, 4) is 5.75 Å². The number of nitrogens with one attached hydrogen (secondary N) is 1. The van der Waals surface area contributed by atoms with Crippen molar-refractivity contribution in [1.82, 2.24) is 5.32 Å². The van der Waals surface area contributed by atoms with E-state index in [9.17, 15) is 0 Å². The molecule has 2 atom stereocenters. The van der Waals surface area contributed by atoms with E-state index in [2.05, 4.69) is 31.3 Å². The highest BCUT2D eigenvalue weighted by Gasteiger charge is 2.16. The van der Waals surface area contributed by atoms with Gasteiger partial charge in [-0.05, 0) is 43.6 Å². The minimum Gasteiger partial charge on any atom is -0.496 e. The number of hydrogen-bond donors (Lipinski definition) is 2. The molecule has 1 rings (SSSR count). The first-order valence-corrected chi connectivity index (χ1v) is 5.65. The zero-order chi connectivity index (χ0) is 12.1. The van der Waals surface area contributed by atoms with Gasteiger partial charge in [0.1, 0.15) is 5.75 Å². The summed E-state index contributed by atoms with van der Waals surface area (Å²) in [5, 5.41) is 3.31. The molecule has 0 radical (unpaired) electrons. The summed E-state index contributed by atoms with van der Waals surface area (Å²) in [5.41, 5.74) is 8.13. The topological polar surface area (TPSA) is 47.3 Å².